The number of hydrogen-bond acceptors (Lipinski definition) is 2. The van der Waals surface area contributed by atoms with Crippen molar-refractivity contribution in [3.05, 3.63) is 47.3 Å². The maximum atomic E-state index is 5.77. The van der Waals surface area contributed by atoms with Crippen molar-refractivity contribution < 1.29 is 4.74 Å². The monoisotopic (exact) mass is 244 g/mol. The van der Waals surface area contributed by atoms with Gasteiger partial charge in [-0.1, -0.05) is 6.07 Å². The molecule has 0 fully saturated rings. The fourth-order valence-corrected chi connectivity index (χ4v) is 1.92. The van der Waals surface area contributed by atoms with Crippen LogP contribution < -0.4 is 4.74 Å². The molecule has 18 heavy (non-hydrogen) atoms. The average molecular weight is 244 g/mol. The minimum absolute atomic E-state index is 0.389. The lowest BCUT2D eigenvalue weighted by Crippen LogP contribution is -2.03. The Bertz CT molecular complexity index is 509. The Morgan fingerprint density at radius 2 is 1.83 bits per heavy atom. The summed E-state index contributed by atoms with van der Waals surface area (Å²) in [5.74, 6) is 0.909. The molecule has 2 aromatic rings. The van der Waals surface area contributed by atoms with Gasteiger partial charge in [0, 0.05) is 12.2 Å². The summed E-state index contributed by atoms with van der Waals surface area (Å²) in [6.07, 6.45) is 1.99. The van der Waals surface area contributed by atoms with Gasteiger partial charge in [-0.2, -0.15) is 5.10 Å². The lowest BCUT2D eigenvalue weighted by atomic mass is 10.1. The predicted molar refractivity (Wildman–Crippen MR) is 72.9 cm³/mol. The van der Waals surface area contributed by atoms with Gasteiger partial charge in [0.05, 0.1) is 5.69 Å². The summed E-state index contributed by atoms with van der Waals surface area (Å²) in [7, 11) is 0. The Morgan fingerprint density at radius 1 is 1.17 bits per heavy atom. The normalized spacial score (nSPS) is 10.9. The van der Waals surface area contributed by atoms with Gasteiger partial charge < -0.3 is 4.74 Å². The molecule has 1 heterocycles. The van der Waals surface area contributed by atoms with Crippen LogP contribution in [0.1, 0.15) is 36.7 Å². The van der Waals surface area contributed by atoms with E-state index in [9.17, 15) is 0 Å². The molecule has 0 amide bonds. The standard InChI is InChI=1S/C15H20N2O/c1-11(2)17-6-5-14(16-17)10-18-15-8-12(3)7-13(4)9-15/h5-9,11H,10H2,1-4H3. The fourth-order valence-electron chi connectivity index (χ4n) is 1.92. The second-order valence-corrected chi connectivity index (χ2v) is 4.99. The van der Waals surface area contributed by atoms with Crippen LogP contribution in [0, 0.1) is 13.8 Å². The molecule has 0 bridgehead atoms. The molecule has 1 aromatic heterocycles. The molecule has 0 unspecified atom stereocenters. The Morgan fingerprint density at radius 3 is 2.39 bits per heavy atom. The van der Waals surface area contributed by atoms with Gasteiger partial charge in [-0.05, 0) is 57.0 Å². The molecule has 0 atom stereocenters. The molecule has 0 saturated heterocycles. The van der Waals surface area contributed by atoms with E-state index in [0.717, 1.165) is 11.4 Å². The number of ether oxygens (including phenoxy) is 1. The number of hydrogen-bond donors (Lipinski definition) is 0. The van der Waals surface area contributed by atoms with E-state index in [0.29, 0.717) is 12.6 Å². The fraction of sp³-hybridized carbons (Fsp3) is 0.400. The zero-order chi connectivity index (χ0) is 13.1. The zero-order valence-corrected chi connectivity index (χ0v) is 11.5. The molecule has 1 aromatic carbocycles. The van der Waals surface area contributed by atoms with Crippen molar-refractivity contribution in [1.82, 2.24) is 9.78 Å². The highest BCUT2D eigenvalue weighted by molar-refractivity contribution is 5.33. The highest BCUT2D eigenvalue weighted by atomic mass is 16.5. The van der Waals surface area contributed by atoms with Gasteiger partial charge in [-0.15, -0.1) is 0 Å². The first-order chi connectivity index (χ1) is 8.54. The van der Waals surface area contributed by atoms with Gasteiger partial charge in [-0.25, -0.2) is 0 Å². The lowest BCUT2D eigenvalue weighted by molar-refractivity contribution is 0.298. The van der Waals surface area contributed by atoms with Crippen LogP contribution in [0.15, 0.2) is 30.5 Å². The van der Waals surface area contributed by atoms with Gasteiger partial charge >= 0.3 is 0 Å². The van der Waals surface area contributed by atoms with Gasteiger partial charge in [0.1, 0.15) is 12.4 Å². The van der Waals surface area contributed by atoms with E-state index >= 15 is 0 Å². The molecular weight excluding hydrogens is 224 g/mol. The van der Waals surface area contributed by atoms with Crippen molar-refractivity contribution in [2.45, 2.75) is 40.3 Å². The summed E-state index contributed by atoms with van der Waals surface area (Å²) in [5, 5.41) is 4.46. The number of benzene rings is 1. The Hall–Kier alpha value is -1.77. The first-order valence-corrected chi connectivity index (χ1v) is 6.30. The second-order valence-electron chi connectivity index (χ2n) is 4.99. The molecule has 0 saturated carbocycles. The number of aryl methyl sites for hydroxylation is 2. The van der Waals surface area contributed by atoms with Crippen molar-refractivity contribution in [2.75, 3.05) is 0 Å². The van der Waals surface area contributed by atoms with E-state index in [4.69, 9.17) is 4.74 Å². The third kappa shape index (κ3) is 3.13. The third-order valence-electron chi connectivity index (χ3n) is 2.77. The van der Waals surface area contributed by atoms with Crippen molar-refractivity contribution in [2.24, 2.45) is 0 Å². The minimum atomic E-state index is 0.389. The lowest BCUT2D eigenvalue weighted by Gasteiger charge is -2.07. The van der Waals surface area contributed by atoms with Crippen LogP contribution in [-0.4, -0.2) is 9.78 Å². The van der Waals surface area contributed by atoms with Gasteiger partial charge in [0.25, 0.3) is 0 Å². The maximum Gasteiger partial charge on any atom is 0.132 e. The molecule has 0 radical (unpaired) electrons. The van der Waals surface area contributed by atoms with Crippen LogP contribution in [0.4, 0.5) is 0 Å². The smallest absolute Gasteiger partial charge is 0.132 e. The highest BCUT2D eigenvalue weighted by Gasteiger charge is 2.03. The number of rotatable bonds is 4. The predicted octanol–water partition coefficient (Wildman–Crippen LogP) is 3.66. The van der Waals surface area contributed by atoms with E-state index in [1.165, 1.54) is 11.1 Å². The Labute approximate surface area is 108 Å². The van der Waals surface area contributed by atoms with Crippen LogP contribution in [0.3, 0.4) is 0 Å². The third-order valence-corrected chi connectivity index (χ3v) is 2.77. The summed E-state index contributed by atoms with van der Waals surface area (Å²) in [5.41, 5.74) is 3.40. The first-order valence-electron chi connectivity index (χ1n) is 6.30. The van der Waals surface area contributed by atoms with E-state index in [-0.39, 0.29) is 0 Å². The average Bonchev–Trinajstić information content (AvgIpc) is 2.73. The maximum absolute atomic E-state index is 5.77. The van der Waals surface area contributed by atoms with E-state index in [1.54, 1.807) is 0 Å². The van der Waals surface area contributed by atoms with Crippen molar-refractivity contribution in [1.29, 1.82) is 0 Å². The molecule has 3 heteroatoms. The minimum Gasteiger partial charge on any atom is -0.487 e. The second kappa shape index (κ2) is 5.25. The number of nitrogens with zero attached hydrogens (tertiary/aromatic N) is 2. The molecule has 3 nitrogen and oxygen atoms in total. The summed E-state index contributed by atoms with van der Waals surface area (Å²) < 4.78 is 7.72. The van der Waals surface area contributed by atoms with E-state index in [1.807, 2.05) is 29.1 Å². The Balaban J connectivity index is 2.02. The molecule has 0 N–H and O–H groups in total. The zero-order valence-electron chi connectivity index (χ0n) is 11.5. The van der Waals surface area contributed by atoms with Gasteiger partial charge in [0.2, 0.25) is 0 Å². The molecule has 0 aliphatic heterocycles. The molecule has 96 valence electrons. The summed E-state index contributed by atoms with van der Waals surface area (Å²) in [6, 6.07) is 8.63. The Kier molecular flexibility index (Phi) is 3.70. The van der Waals surface area contributed by atoms with E-state index in [2.05, 4.69) is 38.9 Å². The van der Waals surface area contributed by atoms with Crippen LogP contribution in [0.5, 0.6) is 5.75 Å². The molecular formula is C15H20N2O. The van der Waals surface area contributed by atoms with Gasteiger partial charge in [-0.3, -0.25) is 4.68 Å². The molecule has 0 aliphatic carbocycles. The SMILES string of the molecule is Cc1cc(C)cc(OCc2ccn(C(C)C)n2)c1. The van der Waals surface area contributed by atoms with Crippen molar-refractivity contribution in [3.63, 3.8) is 0 Å². The van der Waals surface area contributed by atoms with Crippen molar-refractivity contribution >= 4 is 0 Å². The van der Waals surface area contributed by atoms with E-state index < -0.39 is 0 Å². The topological polar surface area (TPSA) is 27.1 Å². The van der Waals surface area contributed by atoms with Crippen LogP contribution in [0.2, 0.25) is 0 Å². The van der Waals surface area contributed by atoms with Crippen molar-refractivity contribution in [3.8, 4) is 5.75 Å². The van der Waals surface area contributed by atoms with Crippen LogP contribution in [0.25, 0.3) is 0 Å². The first kappa shape index (κ1) is 12.7. The quantitative estimate of drug-likeness (QED) is 0.820. The highest BCUT2D eigenvalue weighted by Crippen LogP contribution is 2.17. The van der Waals surface area contributed by atoms with Crippen LogP contribution >= 0.6 is 0 Å². The largest absolute Gasteiger partial charge is 0.487 e. The molecule has 0 spiro atoms. The van der Waals surface area contributed by atoms with Gasteiger partial charge in [0.15, 0.2) is 0 Å². The number of aromatic nitrogens is 2. The molecule has 0 aliphatic rings. The van der Waals surface area contributed by atoms with Crippen LogP contribution in [-0.2, 0) is 6.61 Å². The summed E-state index contributed by atoms with van der Waals surface area (Å²) in [6.45, 7) is 8.90. The summed E-state index contributed by atoms with van der Waals surface area (Å²) >= 11 is 0. The summed E-state index contributed by atoms with van der Waals surface area (Å²) in [4.78, 5) is 0. The molecule has 2 rings (SSSR count).